The Morgan fingerprint density at radius 3 is 1.68 bits per heavy atom. The lowest BCUT2D eigenvalue weighted by Crippen LogP contribution is -2.59. The summed E-state index contributed by atoms with van der Waals surface area (Å²) in [6, 6.07) is 13.4. The van der Waals surface area contributed by atoms with Crippen molar-refractivity contribution in [2.45, 2.75) is 56.5 Å². The molecule has 0 saturated carbocycles. The number of carboxylic acid groups (broad SMARTS) is 1. The minimum Gasteiger partial charge on any atom is -0.480 e. The quantitative estimate of drug-likeness (QED) is 0.188. The molecule has 0 aliphatic carbocycles. The van der Waals surface area contributed by atoms with Crippen molar-refractivity contribution in [3.8, 4) is 0 Å². The van der Waals surface area contributed by atoms with E-state index >= 15 is 0 Å². The summed E-state index contributed by atoms with van der Waals surface area (Å²) in [5, 5.41) is 26.9. The number of rotatable bonds is 15. The van der Waals surface area contributed by atoms with Gasteiger partial charge in [0.05, 0.1) is 12.1 Å². The van der Waals surface area contributed by atoms with Gasteiger partial charge in [-0.05, 0) is 36.5 Å². The summed E-state index contributed by atoms with van der Waals surface area (Å²) in [4.78, 5) is 50.9. The highest BCUT2D eigenvalue weighted by Gasteiger charge is 2.32. The van der Waals surface area contributed by atoms with E-state index < -0.39 is 54.0 Å². The van der Waals surface area contributed by atoms with Crippen molar-refractivity contribution in [2.24, 2.45) is 5.73 Å². The van der Waals surface area contributed by atoms with Crippen LogP contribution in [-0.4, -0.2) is 76.2 Å². The molecule has 2 aromatic rings. The lowest BCUT2D eigenvalue weighted by atomic mass is 10.0. The van der Waals surface area contributed by atoms with Crippen LogP contribution in [0.3, 0.4) is 0 Å². The molecular formula is C27H36N4O6S. The number of carbonyl (C=O) groups excluding carboxylic acids is 3. The third-order valence-corrected chi connectivity index (χ3v) is 6.49. The Kier molecular flexibility index (Phi) is 12.8. The van der Waals surface area contributed by atoms with Gasteiger partial charge in [-0.3, -0.25) is 14.4 Å². The minimum absolute atomic E-state index is 0.0593. The number of amides is 3. The fraction of sp³-hybridized carbons (Fsp3) is 0.407. The molecule has 0 heterocycles. The highest BCUT2D eigenvalue weighted by molar-refractivity contribution is 7.98. The molecule has 10 nitrogen and oxygen atoms in total. The Balaban J connectivity index is 2.28. The highest BCUT2D eigenvalue weighted by atomic mass is 32.2. The Morgan fingerprint density at radius 1 is 0.816 bits per heavy atom. The van der Waals surface area contributed by atoms with Gasteiger partial charge >= 0.3 is 5.97 Å². The normalized spacial score (nSPS) is 14.8. The predicted octanol–water partition coefficient (Wildman–Crippen LogP) is 0.472. The van der Waals surface area contributed by atoms with Crippen LogP contribution in [0.1, 0.15) is 24.5 Å². The zero-order chi connectivity index (χ0) is 28.1. The van der Waals surface area contributed by atoms with Crippen LogP contribution < -0.4 is 21.7 Å². The number of aliphatic carboxylic acids is 1. The van der Waals surface area contributed by atoms with E-state index in [-0.39, 0.29) is 12.8 Å². The average molecular weight is 545 g/mol. The predicted molar refractivity (Wildman–Crippen MR) is 146 cm³/mol. The summed E-state index contributed by atoms with van der Waals surface area (Å²) in [5.74, 6) is -2.63. The lowest BCUT2D eigenvalue weighted by Gasteiger charge is -2.26. The second-order valence-corrected chi connectivity index (χ2v) is 9.94. The topological polar surface area (TPSA) is 171 Å². The van der Waals surface area contributed by atoms with E-state index in [4.69, 9.17) is 5.73 Å². The molecule has 5 unspecified atom stereocenters. The van der Waals surface area contributed by atoms with Crippen LogP contribution in [0.5, 0.6) is 0 Å². The molecule has 11 heteroatoms. The summed E-state index contributed by atoms with van der Waals surface area (Å²) >= 11 is 1.55. The summed E-state index contributed by atoms with van der Waals surface area (Å²) < 4.78 is 0. The molecule has 0 spiro atoms. The molecule has 0 aliphatic heterocycles. The second kappa shape index (κ2) is 15.8. The number of aliphatic hydroxyl groups excluding tert-OH is 1. The Labute approximate surface area is 226 Å². The highest BCUT2D eigenvalue weighted by Crippen LogP contribution is 2.09. The third-order valence-electron chi connectivity index (χ3n) is 5.85. The third kappa shape index (κ3) is 10.2. The van der Waals surface area contributed by atoms with Crippen molar-refractivity contribution in [1.29, 1.82) is 0 Å². The summed E-state index contributed by atoms with van der Waals surface area (Å²) in [6.07, 6.45) is 1.18. The van der Waals surface area contributed by atoms with Crippen LogP contribution in [0, 0.1) is 0 Å². The minimum atomic E-state index is -1.56. The van der Waals surface area contributed by atoms with Crippen molar-refractivity contribution < 1.29 is 29.4 Å². The molecule has 0 radical (unpaired) electrons. The first-order valence-corrected chi connectivity index (χ1v) is 13.7. The first-order valence-electron chi connectivity index (χ1n) is 12.3. The van der Waals surface area contributed by atoms with Gasteiger partial charge < -0.3 is 31.9 Å². The van der Waals surface area contributed by atoms with Crippen molar-refractivity contribution in [3.05, 3.63) is 71.8 Å². The number of hydrogen-bond acceptors (Lipinski definition) is 7. The fourth-order valence-electron chi connectivity index (χ4n) is 3.69. The standard InChI is InChI=1S/C27H36N4O6S/c1-17(32)23(27(36)37)31-26(35)22(16-19-11-7-4-8-12-19)30-25(34)21(15-18-9-5-3-6-10-18)29-24(33)20(28)13-14-38-2/h3-12,17,20-23,32H,13-16,28H2,1-2H3,(H,29,33)(H,30,34)(H,31,35)(H,36,37). The van der Waals surface area contributed by atoms with Crippen LogP contribution in [-0.2, 0) is 32.0 Å². The van der Waals surface area contributed by atoms with Crippen LogP contribution in [0.15, 0.2) is 60.7 Å². The molecule has 206 valence electrons. The molecule has 0 fully saturated rings. The van der Waals surface area contributed by atoms with Gasteiger partial charge in [-0.2, -0.15) is 11.8 Å². The molecule has 0 aliphatic rings. The molecule has 2 aromatic carbocycles. The van der Waals surface area contributed by atoms with E-state index in [1.165, 1.54) is 6.92 Å². The van der Waals surface area contributed by atoms with Crippen molar-refractivity contribution in [1.82, 2.24) is 16.0 Å². The van der Waals surface area contributed by atoms with Gasteiger partial charge in [-0.1, -0.05) is 60.7 Å². The number of nitrogens with two attached hydrogens (primary N) is 1. The maximum absolute atomic E-state index is 13.5. The van der Waals surface area contributed by atoms with Gasteiger partial charge in [-0.15, -0.1) is 0 Å². The van der Waals surface area contributed by atoms with E-state index in [0.717, 1.165) is 11.1 Å². The van der Waals surface area contributed by atoms with Crippen molar-refractivity contribution in [3.63, 3.8) is 0 Å². The fourth-order valence-corrected chi connectivity index (χ4v) is 4.18. The molecule has 5 atom stereocenters. The number of carbonyl (C=O) groups is 4. The molecule has 3 amide bonds. The Bertz CT molecular complexity index is 1050. The molecule has 7 N–H and O–H groups in total. The zero-order valence-corrected chi connectivity index (χ0v) is 22.3. The summed E-state index contributed by atoms with van der Waals surface area (Å²) in [7, 11) is 0. The average Bonchev–Trinajstić information content (AvgIpc) is 2.90. The van der Waals surface area contributed by atoms with Gasteiger partial charge in [0.15, 0.2) is 6.04 Å². The van der Waals surface area contributed by atoms with E-state index in [1.54, 1.807) is 42.1 Å². The van der Waals surface area contributed by atoms with E-state index in [9.17, 15) is 29.4 Å². The van der Waals surface area contributed by atoms with Gasteiger partial charge in [0.25, 0.3) is 0 Å². The Hall–Kier alpha value is -3.41. The number of aliphatic hydroxyl groups is 1. The first kappa shape index (κ1) is 30.8. The molecule has 2 rings (SSSR count). The number of carboxylic acids is 1. The zero-order valence-electron chi connectivity index (χ0n) is 21.5. The number of benzene rings is 2. The van der Waals surface area contributed by atoms with Crippen molar-refractivity contribution >= 4 is 35.5 Å². The van der Waals surface area contributed by atoms with E-state index in [0.29, 0.717) is 12.2 Å². The van der Waals surface area contributed by atoms with Gasteiger partial charge in [0.2, 0.25) is 17.7 Å². The van der Waals surface area contributed by atoms with Crippen LogP contribution in [0.2, 0.25) is 0 Å². The van der Waals surface area contributed by atoms with E-state index in [2.05, 4.69) is 16.0 Å². The molecule has 0 aromatic heterocycles. The lowest BCUT2D eigenvalue weighted by molar-refractivity contribution is -0.145. The first-order chi connectivity index (χ1) is 18.1. The summed E-state index contributed by atoms with van der Waals surface area (Å²) in [5.41, 5.74) is 7.52. The second-order valence-electron chi connectivity index (χ2n) is 8.95. The van der Waals surface area contributed by atoms with E-state index in [1.807, 2.05) is 36.6 Å². The molecular weight excluding hydrogens is 508 g/mol. The number of thioether (sulfide) groups is 1. The molecule has 38 heavy (non-hydrogen) atoms. The van der Waals surface area contributed by atoms with Crippen LogP contribution in [0.4, 0.5) is 0 Å². The molecule has 0 saturated heterocycles. The number of nitrogens with one attached hydrogen (secondary N) is 3. The SMILES string of the molecule is CSCCC(N)C(=O)NC(Cc1ccccc1)C(=O)NC(Cc1ccccc1)C(=O)NC(C(=O)O)C(C)O. The number of hydrogen-bond donors (Lipinski definition) is 6. The van der Waals surface area contributed by atoms with Gasteiger partial charge in [-0.25, -0.2) is 4.79 Å². The smallest absolute Gasteiger partial charge is 0.328 e. The van der Waals surface area contributed by atoms with Gasteiger partial charge in [0.1, 0.15) is 12.1 Å². The maximum Gasteiger partial charge on any atom is 0.328 e. The van der Waals surface area contributed by atoms with Gasteiger partial charge in [0, 0.05) is 12.8 Å². The monoisotopic (exact) mass is 544 g/mol. The summed E-state index contributed by atoms with van der Waals surface area (Å²) in [6.45, 7) is 1.25. The largest absolute Gasteiger partial charge is 0.480 e. The van der Waals surface area contributed by atoms with Crippen LogP contribution >= 0.6 is 11.8 Å². The molecule has 0 bridgehead atoms. The van der Waals surface area contributed by atoms with Crippen LogP contribution in [0.25, 0.3) is 0 Å². The maximum atomic E-state index is 13.5. The van der Waals surface area contributed by atoms with Crippen molar-refractivity contribution in [2.75, 3.05) is 12.0 Å². The Morgan fingerprint density at radius 2 is 1.26 bits per heavy atom.